The van der Waals surface area contributed by atoms with E-state index in [-0.39, 0.29) is 11.4 Å². The van der Waals surface area contributed by atoms with E-state index in [2.05, 4.69) is 4.98 Å². The first-order chi connectivity index (χ1) is 6.07. The average molecular weight is 318 g/mol. The van der Waals surface area contributed by atoms with Crippen molar-refractivity contribution in [2.45, 2.75) is 19.2 Å². The maximum Gasteiger partial charge on any atom is 0.265 e. The van der Waals surface area contributed by atoms with E-state index >= 15 is 0 Å². The van der Waals surface area contributed by atoms with Crippen molar-refractivity contribution >= 4 is 34.2 Å². The van der Waals surface area contributed by atoms with Crippen LogP contribution in [0.15, 0.2) is 6.20 Å². The molecule has 0 aliphatic rings. The zero-order chi connectivity index (χ0) is 10.0. The Morgan fingerprint density at radius 3 is 2.69 bits per heavy atom. The van der Waals surface area contributed by atoms with Gasteiger partial charge in [0.2, 0.25) is 0 Å². The second kappa shape index (κ2) is 4.50. The molecule has 0 bridgehead atoms. The van der Waals surface area contributed by atoms with Crippen LogP contribution in [0.25, 0.3) is 0 Å². The van der Waals surface area contributed by atoms with E-state index in [0.717, 1.165) is 0 Å². The van der Waals surface area contributed by atoms with Crippen molar-refractivity contribution in [1.29, 1.82) is 0 Å². The number of hydrogen-bond acceptors (Lipinski definition) is 1. The fraction of sp³-hybridized carbons (Fsp3) is 0.375. The summed E-state index contributed by atoms with van der Waals surface area (Å²) in [5.41, 5.74) is 1.21. The Hall–Kier alpha value is 0.0300. The van der Waals surface area contributed by atoms with Crippen molar-refractivity contribution in [2.24, 2.45) is 0 Å². The number of alkyl halides is 3. The molecule has 1 aromatic rings. The zero-order valence-electron chi connectivity index (χ0n) is 6.82. The molecule has 0 atom stereocenters. The highest BCUT2D eigenvalue weighted by Gasteiger charge is 2.15. The van der Waals surface area contributed by atoms with Gasteiger partial charge < -0.3 is 0 Å². The first-order valence-corrected chi connectivity index (χ1v) is 5.17. The maximum atomic E-state index is 12.4. The van der Waals surface area contributed by atoms with Gasteiger partial charge in [0.1, 0.15) is 3.70 Å². The molecular weight excluding hydrogens is 310 g/mol. The Morgan fingerprint density at radius 2 is 2.23 bits per heavy atom. The van der Waals surface area contributed by atoms with E-state index in [4.69, 9.17) is 11.6 Å². The first-order valence-electron chi connectivity index (χ1n) is 3.56. The number of pyridine rings is 1. The second-order valence-corrected chi connectivity index (χ2v) is 3.83. The summed E-state index contributed by atoms with van der Waals surface area (Å²) in [4.78, 5) is 3.85. The van der Waals surface area contributed by atoms with Gasteiger partial charge in [0.15, 0.2) is 0 Å². The minimum absolute atomic E-state index is 0.0314. The fourth-order valence-corrected chi connectivity index (χ4v) is 2.29. The molecule has 0 amide bonds. The Labute approximate surface area is 93.6 Å². The first kappa shape index (κ1) is 11.1. The van der Waals surface area contributed by atoms with Crippen LogP contribution in [0, 0.1) is 10.6 Å². The van der Waals surface area contributed by atoms with Crippen LogP contribution < -0.4 is 0 Å². The van der Waals surface area contributed by atoms with Gasteiger partial charge in [-0.05, 0) is 35.1 Å². The van der Waals surface area contributed by atoms with Crippen LogP contribution in [0.1, 0.15) is 23.1 Å². The van der Waals surface area contributed by atoms with Gasteiger partial charge in [-0.25, -0.2) is 13.8 Å². The fourth-order valence-electron chi connectivity index (χ4n) is 1.01. The molecule has 1 rings (SSSR count). The van der Waals surface area contributed by atoms with Gasteiger partial charge in [0.25, 0.3) is 6.43 Å². The average Bonchev–Trinajstić information content (AvgIpc) is 2.04. The largest absolute Gasteiger partial charge is 0.265 e. The number of rotatable bonds is 2. The van der Waals surface area contributed by atoms with Crippen molar-refractivity contribution in [1.82, 2.24) is 4.98 Å². The Kier molecular flexibility index (Phi) is 3.85. The highest BCUT2D eigenvalue weighted by molar-refractivity contribution is 14.1. The van der Waals surface area contributed by atoms with Crippen molar-refractivity contribution in [2.75, 3.05) is 0 Å². The number of hydrogen-bond donors (Lipinski definition) is 0. The van der Waals surface area contributed by atoms with E-state index in [9.17, 15) is 8.78 Å². The molecular formula is C8H7ClF2IN. The lowest BCUT2D eigenvalue weighted by atomic mass is 10.1. The van der Waals surface area contributed by atoms with Gasteiger partial charge in [-0.1, -0.05) is 0 Å². The summed E-state index contributed by atoms with van der Waals surface area (Å²) >= 11 is 7.61. The van der Waals surface area contributed by atoms with Crippen LogP contribution in [0.2, 0.25) is 0 Å². The molecule has 1 nitrogen and oxygen atoms in total. The van der Waals surface area contributed by atoms with Crippen molar-refractivity contribution in [3.05, 3.63) is 26.6 Å². The second-order valence-electron chi connectivity index (χ2n) is 2.54. The van der Waals surface area contributed by atoms with Crippen molar-refractivity contribution < 1.29 is 8.78 Å². The molecule has 0 spiro atoms. The molecule has 0 N–H and O–H groups in total. The predicted octanol–water partition coefficient (Wildman–Crippen LogP) is 3.67. The number of halogens is 4. The standard InChI is InChI=1S/C8H7ClF2IN/c1-4-5(2-9)8(12)13-3-6(4)7(10)11/h3,7H,2H2,1H3. The van der Waals surface area contributed by atoms with Gasteiger partial charge in [-0.2, -0.15) is 0 Å². The topological polar surface area (TPSA) is 12.9 Å². The summed E-state index contributed by atoms with van der Waals surface area (Å²) < 4.78 is 25.5. The third-order valence-corrected chi connectivity index (χ3v) is 3.02. The third-order valence-electron chi connectivity index (χ3n) is 1.82. The normalized spacial score (nSPS) is 10.9. The lowest BCUT2D eigenvalue weighted by Gasteiger charge is -2.09. The van der Waals surface area contributed by atoms with Gasteiger partial charge >= 0.3 is 0 Å². The highest BCUT2D eigenvalue weighted by Crippen LogP contribution is 2.27. The van der Waals surface area contributed by atoms with Gasteiger partial charge in [0.05, 0.1) is 5.88 Å². The molecule has 0 fully saturated rings. The van der Waals surface area contributed by atoms with E-state index in [1.54, 1.807) is 6.92 Å². The van der Waals surface area contributed by atoms with Gasteiger partial charge in [0, 0.05) is 17.3 Å². The monoisotopic (exact) mass is 317 g/mol. The minimum Gasteiger partial charge on any atom is -0.249 e. The van der Waals surface area contributed by atoms with E-state index in [1.807, 2.05) is 22.6 Å². The third kappa shape index (κ3) is 2.28. The summed E-state index contributed by atoms with van der Waals surface area (Å²) in [6.45, 7) is 1.64. The van der Waals surface area contributed by atoms with Crippen LogP contribution in [0.5, 0.6) is 0 Å². The Bertz CT molecular complexity index is 317. The Balaban J connectivity index is 3.27. The predicted molar refractivity (Wildman–Crippen MR) is 56.2 cm³/mol. The number of aromatic nitrogens is 1. The van der Waals surface area contributed by atoms with Crippen molar-refractivity contribution in [3.8, 4) is 0 Å². The smallest absolute Gasteiger partial charge is 0.249 e. The lowest BCUT2D eigenvalue weighted by molar-refractivity contribution is 0.150. The molecule has 5 heteroatoms. The molecule has 0 aliphatic carbocycles. The molecule has 72 valence electrons. The SMILES string of the molecule is Cc1c(C(F)F)cnc(I)c1CCl. The summed E-state index contributed by atoms with van der Waals surface area (Å²) in [6, 6.07) is 0. The molecule has 1 aromatic heterocycles. The van der Waals surface area contributed by atoms with Crippen LogP contribution in [-0.4, -0.2) is 4.98 Å². The van der Waals surface area contributed by atoms with Gasteiger partial charge in [-0.3, -0.25) is 0 Å². The molecule has 0 radical (unpaired) electrons. The summed E-state index contributed by atoms with van der Waals surface area (Å²) in [7, 11) is 0. The molecule has 0 aliphatic heterocycles. The molecule has 0 aromatic carbocycles. The van der Waals surface area contributed by atoms with Gasteiger partial charge in [-0.15, -0.1) is 11.6 Å². The molecule has 0 saturated carbocycles. The minimum atomic E-state index is -2.48. The summed E-state index contributed by atoms with van der Waals surface area (Å²) in [5.74, 6) is 0.220. The van der Waals surface area contributed by atoms with Crippen LogP contribution >= 0.6 is 34.2 Å². The molecule has 13 heavy (non-hydrogen) atoms. The Morgan fingerprint density at radius 1 is 1.62 bits per heavy atom. The molecule has 1 heterocycles. The van der Waals surface area contributed by atoms with Crippen LogP contribution in [0.3, 0.4) is 0 Å². The maximum absolute atomic E-state index is 12.4. The van der Waals surface area contributed by atoms with E-state index < -0.39 is 6.43 Å². The van der Waals surface area contributed by atoms with E-state index in [0.29, 0.717) is 14.8 Å². The van der Waals surface area contributed by atoms with E-state index in [1.165, 1.54) is 6.20 Å². The highest BCUT2D eigenvalue weighted by atomic mass is 127. The van der Waals surface area contributed by atoms with Crippen LogP contribution in [0.4, 0.5) is 8.78 Å². The van der Waals surface area contributed by atoms with Crippen molar-refractivity contribution in [3.63, 3.8) is 0 Å². The summed E-state index contributed by atoms with van der Waals surface area (Å²) in [6.07, 6.45) is -1.27. The van der Waals surface area contributed by atoms with Crippen LogP contribution in [-0.2, 0) is 5.88 Å². The zero-order valence-corrected chi connectivity index (χ0v) is 9.73. The molecule has 0 unspecified atom stereocenters. The summed E-state index contributed by atoms with van der Waals surface area (Å²) in [5, 5.41) is 0. The lowest BCUT2D eigenvalue weighted by Crippen LogP contribution is -2.00. The molecule has 0 saturated heterocycles. The quantitative estimate of drug-likeness (QED) is 0.461. The number of nitrogens with zero attached hydrogens (tertiary/aromatic N) is 1.